The van der Waals surface area contributed by atoms with Crippen LogP contribution in [0.2, 0.25) is 5.02 Å². The topological polar surface area (TPSA) is 50.8 Å². The zero-order valence-electron chi connectivity index (χ0n) is 13.0. The first-order valence-electron chi connectivity index (χ1n) is 7.02. The molecule has 0 aromatic heterocycles. The number of anilines is 1. The lowest BCUT2D eigenvalue weighted by Crippen LogP contribution is -2.28. The fourth-order valence-electron chi connectivity index (χ4n) is 1.95. The van der Waals surface area contributed by atoms with E-state index >= 15 is 0 Å². The molecular weight excluding hydrogens is 292 g/mol. The highest BCUT2D eigenvalue weighted by Gasteiger charge is 2.13. The lowest BCUT2D eigenvalue weighted by Gasteiger charge is -2.19. The minimum absolute atomic E-state index is 0.164. The molecule has 0 atom stereocenters. The van der Waals surface area contributed by atoms with E-state index in [4.69, 9.17) is 21.1 Å². The van der Waals surface area contributed by atoms with Gasteiger partial charge in [-0.25, -0.2) is 0 Å². The standard InChI is InChI=1S/C15H23ClN2O3/c1-5-18(6-2)7-8-21-15-13(16)9-12(17-11(3)19)10-14(15)20-4/h9-10H,5-8H2,1-4H3,(H,17,19). The highest BCUT2D eigenvalue weighted by atomic mass is 35.5. The van der Waals surface area contributed by atoms with Crippen LogP contribution in [0.1, 0.15) is 20.8 Å². The summed E-state index contributed by atoms with van der Waals surface area (Å²) in [6.07, 6.45) is 0. The molecule has 0 bridgehead atoms. The monoisotopic (exact) mass is 314 g/mol. The van der Waals surface area contributed by atoms with E-state index in [0.717, 1.165) is 19.6 Å². The number of nitrogens with zero attached hydrogens (tertiary/aromatic N) is 1. The second-order valence-corrected chi connectivity index (χ2v) is 4.95. The molecule has 0 spiro atoms. The normalized spacial score (nSPS) is 10.6. The zero-order chi connectivity index (χ0) is 15.8. The summed E-state index contributed by atoms with van der Waals surface area (Å²) in [6, 6.07) is 3.35. The third-order valence-electron chi connectivity index (χ3n) is 3.10. The number of hydrogen-bond acceptors (Lipinski definition) is 4. The van der Waals surface area contributed by atoms with E-state index in [1.807, 2.05) is 0 Å². The van der Waals surface area contributed by atoms with Crippen LogP contribution in [0.3, 0.4) is 0 Å². The molecule has 0 radical (unpaired) electrons. The Bertz CT molecular complexity index is 476. The molecular formula is C15H23ClN2O3. The van der Waals surface area contributed by atoms with Crippen molar-refractivity contribution in [2.45, 2.75) is 20.8 Å². The molecule has 1 N–H and O–H groups in total. The molecule has 1 aromatic carbocycles. The van der Waals surface area contributed by atoms with Gasteiger partial charge in [-0.3, -0.25) is 4.79 Å². The quantitative estimate of drug-likeness (QED) is 0.801. The van der Waals surface area contributed by atoms with E-state index in [2.05, 4.69) is 24.1 Å². The lowest BCUT2D eigenvalue weighted by molar-refractivity contribution is -0.114. The maximum Gasteiger partial charge on any atom is 0.221 e. The third kappa shape index (κ3) is 5.44. The summed E-state index contributed by atoms with van der Waals surface area (Å²) in [7, 11) is 1.54. The number of nitrogens with one attached hydrogen (secondary N) is 1. The van der Waals surface area contributed by atoms with Gasteiger partial charge in [0.1, 0.15) is 6.61 Å². The third-order valence-corrected chi connectivity index (χ3v) is 3.38. The van der Waals surface area contributed by atoms with E-state index < -0.39 is 0 Å². The molecule has 1 amide bonds. The van der Waals surface area contributed by atoms with Gasteiger partial charge in [0, 0.05) is 25.2 Å². The van der Waals surface area contributed by atoms with Crippen LogP contribution in [0.4, 0.5) is 5.69 Å². The van der Waals surface area contributed by atoms with Gasteiger partial charge in [-0.2, -0.15) is 0 Å². The van der Waals surface area contributed by atoms with Crippen LogP contribution in [0.5, 0.6) is 11.5 Å². The van der Waals surface area contributed by atoms with Gasteiger partial charge in [-0.1, -0.05) is 25.4 Å². The molecule has 0 fully saturated rings. The predicted octanol–water partition coefficient (Wildman–Crippen LogP) is 3.03. The first-order valence-corrected chi connectivity index (χ1v) is 7.39. The van der Waals surface area contributed by atoms with E-state index in [0.29, 0.717) is 28.8 Å². The van der Waals surface area contributed by atoms with Gasteiger partial charge < -0.3 is 19.7 Å². The van der Waals surface area contributed by atoms with E-state index in [1.165, 1.54) is 6.92 Å². The summed E-state index contributed by atoms with van der Waals surface area (Å²) in [4.78, 5) is 13.3. The molecule has 1 aromatic rings. The minimum Gasteiger partial charge on any atom is -0.493 e. The van der Waals surface area contributed by atoms with E-state index in [9.17, 15) is 4.79 Å². The van der Waals surface area contributed by atoms with Gasteiger partial charge >= 0.3 is 0 Å². The Morgan fingerprint density at radius 3 is 2.52 bits per heavy atom. The van der Waals surface area contributed by atoms with Gasteiger partial charge in [-0.05, 0) is 19.2 Å². The van der Waals surface area contributed by atoms with Crippen molar-refractivity contribution in [3.8, 4) is 11.5 Å². The SMILES string of the molecule is CCN(CC)CCOc1c(Cl)cc(NC(C)=O)cc1OC. The highest BCUT2D eigenvalue weighted by Crippen LogP contribution is 2.38. The Kier molecular flexibility index (Phi) is 7.32. The predicted molar refractivity (Wildman–Crippen MR) is 85.6 cm³/mol. The first-order chi connectivity index (χ1) is 10.0. The van der Waals surface area contributed by atoms with E-state index in [1.54, 1.807) is 19.2 Å². The number of carbonyl (C=O) groups is 1. The molecule has 1 rings (SSSR count). The number of ether oxygens (including phenoxy) is 2. The fourth-order valence-corrected chi connectivity index (χ4v) is 2.22. The van der Waals surface area contributed by atoms with Crippen molar-refractivity contribution < 1.29 is 14.3 Å². The summed E-state index contributed by atoms with van der Waals surface area (Å²) in [5.41, 5.74) is 0.584. The first kappa shape index (κ1) is 17.6. The van der Waals surface area contributed by atoms with Crippen molar-refractivity contribution in [1.29, 1.82) is 0 Å². The van der Waals surface area contributed by atoms with Gasteiger partial charge in [0.05, 0.1) is 12.1 Å². The van der Waals surface area contributed by atoms with Gasteiger partial charge in [-0.15, -0.1) is 0 Å². The molecule has 0 aliphatic carbocycles. The molecule has 0 saturated carbocycles. The molecule has 0 aliphatic rings. The average Bonchev–Trinajstić information content (AvgIpc) is 2.44. The van der Waals surface area contributed by atoms with E-state index in [-0.39, 0.29) is 5.91 Å². The van der Waals surface area contributed by atoms with Crippen molar-refractivity contribution >= 4 is 23.2 Å². The molecule has 0 heterocycles. The lowest BCUT2D eigenvalue weighted by atomic mass is 10.2. The van der Waals surface area contributed by atoms with Gasteiger partial charge in [0.2, 0.25) is 5.91 Å². The molecule has 21 heavy (non-hydrogen) atoms. The average molecular weight is 315 g/mol. The Balaban J connectivity index is 2.79. The largest absolute Gasteiger partial charge is 0.493 e. The number of carbonyl (C=O) groups excluding carboxylic acids is 1. The van der Waals surface area contributed by atoms with Crippen molar-refractivity contribution in [3.05, 3.63) is 17.2 Å². The van der Waals surface area contributed by atoms with Crippen molar-refractivity contribution in [1.82, 2.24) is 4.90 Å². The smallest absolute Gasteiger partial charge is 0.221 e. The van der Waals surface area contributed by atoms with Crippen molar-refractivity contribution in [2.75, 3.05) is 38.7 Å². The Hall–Kier alpha value is -1.46. The summed E-state index contributed by atoms with van der Waals surface area (Å²) in [6.45, 7) is 8.96. The molecule has 0 saturated heterocycles. The number of halogens is 1. The number of rotatable bonds is 8. The number of benzene rings is 1. The number of hydrogen-bond donors (Lipinski definition) is 1. The van der Waals surface area contributed by atoms with Crippen LogP contribution in [0.15, 0.2) is 12.1 Å². The van der Waals surface area contributed by atoms with Crippen LogP contribution in [-0.2, 0) is 4.79 Å². The summed E-state index contributed by atoms with van der Waals surface area (Å²) in [5, 5.41) is 3.09. The maximum absolute atomic E-state index is 11.1. The Morgan fingerprint density at radius 1 is 1.33 bits per heavy atom. The van der Waals surface area contributed by atoms with Crippen molar-refractivity contribution in [2.24, 2.45) is 0 Å². The maximum atomic E-state index is 11.1. The van der Waals surface area contributed by atoms with Gasteiger partial charge in [0.15, 0.2) is 11.5 Å². The summed E-state index contributed by atoms with van der Waals surface area (Å²) >= 11 is 6.21. The van der Waals surface area contributed by atoms with Crippen LogP contribution in [-0.4, -0.2) is 44.2 Å². The molecule has 0 unspecified atom stereocenters. The minimum atomic E-state index is -0.164. The van der Waals surface area contributed by atoms with Crippen LogP contribution in [0, 0.1) is 0 Å². The number of amides is 1. The Morgan fingerprint density at radius 2 is 2.00 bits per heavy atom. The number of methoxy groups -OCH3 is 1. The molecule has 5 nitrogen and oxygen atoms in total. The number of likely N-dealkylation sites (N-methyl/N-ethyl adjacent to an activating group) is 1. The molecule has 118 valence electrons. The second kappa shape index (κ2) is 8.74. The molecule has 6 heteroatoms. The molecule has 0 aliphatic heterocycles. The fraction of sp³-hybridized carbons (Fsp3) is 0.533. The second-order valence-electron chi connectivity index (χ2n) is 4.55. The van der Waals surface area contributed by atoms with Crippen LogP contribution >= 0.6 is 11.6 Å². The zero-order valence-corrected chi connectivity index (χ0v) is 13.8. The van der Waals surface area contributed by atoms with Crippen molar-refractivity contribution in [3.63, 3.8) is 0 Å². The van der Waals surface area contributed by atoms with Crippen LogP contribution in [0.25, 0.3) is 0 Å². The summed E-state index contributed by atoms with van der Waals surface area (Å²) in [5.74, 6) is 0.842. The van der Waals surface area contributed by atoms with Gasteiger partial charge in [0.25, 0.3) is 0 Å². The Labute approximate surface area is 131 Å². The summed E-state index contributed by atoms with van der Waals surface area (Å²) < 4.78 is 11.0. The van der Waals surface area contributed by atoms with Crippen LogP contribution < -0.4 is 14.8 Å². The highest BCUT2D eigenvalue weighted by molar-refractivity contribution is 6.32.